The van der Waals surface area contributed by atoms with Crippen LogP contribution in [-0.2, 0) is 4.79 Å². The predicted molar refractivity (Wildman–Crippen MR) is 83.1 cm³/mol. The van der Waals surface area contributed by atoms with Crippen LogP contribution in [0.2, 0.25) is 0 Å². The van der Waals surface area contributed by atoms with Gasteiger partial charge >= 0.3 is 0 Å². The van der Waals surface area contributed by atoms with Crippen LogP contribution in [0.3, 0.4) is 0 Å². The number of nitro groups is 1. The summed E-state index contributed by atoms with van der Waals surface area (Å²) in [6, 6.07) is 6.36. The third-order valence-corrected chi connectivity index (χ3v) is 4.72. The molecule has 0 spiro atoms. The molecule has 1 aliphatic heterocycles. The fourth-order valence-electron chi connectivity index (χ4n) is 2.31. The number of carbonyl (C=O) groups is 1. The number of nitrogens with zero attached hydrogens (tertiary/aromatic N) is 2. The Morgan fingerprint density at radius 2 is 2.14 bits per heavy atom. The van der Waals surface area contributed by atoms with Crippen LogP contribution in [0.25, 0.3) is 0 Å². The first-order chi connectivity index (χ1) is 10.0. The molecule has 0 saturated carbocycles. The van der Waals surface area contributed by atoms with Crippen LogP contribution >= 0.6 is 11.8 Å². The van der Waals surface area contributed by atoms with Crippen LogP contribution in [0.4, 0.5) is 5.69 Å². The van der Waals surface area contributed by atoms with E-state index in [0.717, 1.165) is 12.0 Å². The number of amides is 1. The first-order valence-electron chi connectivity index (χ1n) is 6.83. The van der Waals surface area contributed by atoms with Gasteiger partial charge in [0.15, 0.2) is 0 Å². The van der Waals surface area contributed by atoms with Crippen molar-refractivity contribution in [3.63, 3.8) is 0 Å². The zero-order valence-corrected chi connectivity index (χ0v) is 12.9. The molecule has 114 valence electrons. The number of nitrogens with one attached hydrogen (secondary N) is 1. The number of benzene rings is 1. The summed E-state index contributed by atoms with van der Waals surface area (Å²) in [6.07, 6.45) is 2.80. The highest BCUT2D eigenvalue weighted by Gasteiger charge is 2.31. The van der Waals surface area contributed by atoms with Gasteiger partial charge in [0.1, 0.15) is 6.17 Å². The molecule has 0 aromatic heterocycles. The van der Waals surface area contributed by atoms with E-state index in [4.69, 9.17) is 0 Å². The zero-order valence-electron chi connectivity index (χ0n) is 12.1. The Morgan fingerprint density at radius 1 is 1.48 bits per heavy atom. The van der Waals surface area contributed by atoms with Crippen molar-refractivity contribution in [3.05, 3.63) is 39.9 Å². The van der Waals surface area contributed by atoms with E-state index in [-0.39, 0.29) is 17.8 Å². The van der Waals surface area contributed by atoms with Crippen LogP contribution in [0.5, 0.6) is 0 Å². The van der Waals surface area contributed by atoms with Crippen molar-refractivity contribution in [1.82, 2.24) is 10.2 Å². The molecule has 2 atom stereocenters. The lowest BCUT2D eigenvalue weighted by Crippen LogP contribution is -2.32. The molecule has 1 aromatic carbocycles. The molecule has 1 N–H and O–H groups in total. The summed E-state index contributed by atoms with van der Waals surface area (Å²) in [6.45, 7) is 3.14. The molecule has 6 nitrogen and oxygen atoms in total. The van der Waals surface area contributed by atoms with E-state index in [1.165, 1.54) is 12.1 Å². The molecule has 1 saturated heterocycles. The highest BCUT2D eigenvalue weighted by atomic mass is 32.2. The maximum Gasteiger partial charge on any atom is 0.269 e. The fourth-order valence-corrected chi connectivity index (χ4v) is 2.65. The normalized spacial score (nSPS) is 19.8. The van der Waals surface area contributed by atoms with Crippen molar-refractivity contribution >= 4 is 23.4 Å². The Bertz CT molecular complexity index is 521. The molecule has 1 heterocycles. The maximum absolute atomic E-state index is 12.0. The lowest BCUT2D eigenvalue weighted by Gasteiger charge is -2.25. The van der Waals surface area contributed by atoms with Crippen LogP contribution in [0.1, 0.15) is 25.1 Å². The Labute approximate surface area is 128 Å². The molecule has 0 aliphatic carbocycles. The molecular formula is C14H19N3O3S. The molecule has 7 heteroatoms. The van der Waals surface area contributed by atoms with E-state index >= 15 is 0 Å². The van der Waals surface area contributed by atoms with E-state index in [9.17, 15) is 14.9 Å². The van der Waals surface area contributed by atoms with Crippen molar-refractivity contribution in [1.29, 1.82) is 0 Å². The van der Waals surface area contributed by atoms with Crippen molar-refractivity contribution < 1.29 is 9.72 Å². The van der Waals surface area contributed by atoms with Crippen LogP contribution in [0.15, 0.2) is 24.3 Å². The van der Waals surface area contributed by atoms with Crippen LogP contribution in [0, 0.1) is 10.1 Å². The van der Waals surface area contributed by atoms with E-state index in [2.05, 4.69) is 18.5 Å². The largest absolute Gasteiger partial charge is 0.322 e. The Morgan fingerprint density at radius 3 is 2.71 bits per heavy atom. The monoisotopic (exact) mass is 309 g/mol. The predicted octanol–water partition coefficient (Wildman–Crippen LogP) is 2.17. The smallest absolute Gasteiger partial charge is 0.269 e. The second kappa shape index (κ2) is 6.91. The summed E-state index contributed by atoms with van der Waals surface area (Å²) in [7, 11) is 0. The molecule has 0 bridgehead atoms. The van der Waals surface area contributed by atoms with Crippen molar-refractivity contribution in [2.75, 3.05) is 19.3 Å². The minimum Gasteiger partial charge on any atom is -0.322 e. The second-order valence-corrected chi connectivity index (χ2v) is 6.33. The molecule has 1 aliphatic rings. The van der Waals surface area contributed by atoms with Crippen molar-refractivity contribution in [2.24, 2.45) is 0 Å². The molecular weight excluding hydrogens is 290 g/mol. The third-order valence-electron chi connectivity index (χ3n) is 3.68. The number of hydrogen-bond donors (Lipinski definition) is 1. The van der Waals surface area contributed by atoms with Crippen LogP contribution in [-0.4, -0.2) is 40.3 Å². The van der Waals surface area contributed by atoms with Gasteiger partial charge < -0.3 is 4.90 Å². The SMILES string of the molecule is CSC(C)CCN1C(=O)CNC1c1ccc([N+](=O)[O-])cc1. The minimum atomic E-state index is -0.422. The third kappa shape index (κ3) is 3.74. The van der Waals surface area contributed by atoms with E-state index in [1.54, 1.807) is 23.9 Å². The Hall–Kier alpha value is -1.60. The Kier molecular flexibility index (Phi) is 5.19. The second-order valence-electron chi connectivity index (χ2n) is 5.05. The summed E-state index contributed by atoms with van der Waals surface area (Å²) < 4.78 is 0. The quantitative estimate of drug-likeness (QED) is 0.644. The molecule has 1 amide bonds. The van der Waals surface area contributed by atoms with Gasteiger partial charge in [0.05, 0.1) is 11.5 Å². The van der Waals surface area contributed by atoms with E-state index < -0.39 is 4.92 Å². The van der Waals surface area contributed by atoms with Gasteiger partial charge in [0, 0.05) is 23.9 Å². The van der Waals surface area contributed by atoms with Gasteiger partial charge in [-0.1, -0.05) is 6.92 Å². The average Bonchev–Trinajstić information content (AvgIpc) is 2.85. The van der Waals surface area contributed by atoms with E-state index in [1.807, 2.05) is 4.90 Å². The van der Waals surface area contributed by atoms with Gasteiger partial charge in [-0.05, 0) is 30.4 Å². The van der Waals surface area contributed by atoms with Gasteiger partial charge in [-0.3, -0.25) is 20.2 Å². The summed E-state index contributed by atoms with van der Waals surface area (Å²) >= 11 is 1.78. The van der Waals surface area contributed by atoms with Gasteiger partial charge in [-0.2, -0.15) is 11.8 Å². The summed E-state index contributed by atoms with van der Waals surface area (Å²) in [4.78, 5) is 24.1. The topological polar surface area (TPSA) is 75.5 Å². The highest BCUT2D eigenvalue weighted by Crippen LogP contribution is 2.25. The van der Waals surface area contributed by atoms with E-state index in [0.29, 0.717) is 18.3 Å². The standard InChI is InChI=1S/C14H19N3O3S/c1-10(21-2)7-8-16-13(18)9-15-14(16)11-3-5-12(6-4-11)17(19)20/h3-6,10,14-15H,7-9H2,1-2H3. The van der Waals surface area contributed by atoms with Gasteiger partial charge in [-0.25, -0.2) is 0 Å². The molecule has 21 heavy (non-hydrogen) atoms. The van der Waals surface area contributed by atoms with Gasteiger partial charge in [0.2, 0.25) is 5.91 Å². The van der Waals surface area contributed by atoms with Crippen molar-refractivity contribution in [3.8, 4) is 0 Å². The average molecular weight is 309 g/mol. The van der Waals surface area contributed by atoms with Crippen LogP contribution < -0.4 is 5.32 Å². The van der Waals surface area contributed by atoms with Gasteiger partial charge in [0.25, 0.3) is 5.69 Å². The summed E-state index contributed by atoms with van der Waals surface area (Å²) in [5.74, 6) is 0.0756. The Balaban J connectivity index is 2.09. The molecule has 0 radical (unpaired) electrons. The molecule has 1 aromatic rings. The molecule has 2 rings (SSSR count). The highest BCUT2D eigenvalue weighted by molar-refractivity contribution is 7.99. The number of rotatable bonds is 6. The lowest BCUT2D eigenvalue weighted by atomic mass is 10.1. The lowest BCUT2D eigenvalue weighted by molar-refractivity contribution is -0.384. The number of thioether (sulfide) groups is 1. The first-order valence-corrected chi connectivity index (χ1v) is 8.11. The zero-order chi connectivity index (χ0) is 15.4. The fraction of sp³-hybridized carbons (Fsp3) is 0.500. The van der Waals surface area contributed by atoms with Crippen molar-refractivity contribution in [2.45, 2.75) is 24.8 Å². The number of hydrogen-bond acceptors (Lipinski definition) is 5. The summed E-state index contributed by atoms with van der Waals surface area (Å²) in [5, 5.41) is 14.3. The maximum atomic E-state index is 12.0. The summed E-state index contributed by atoms with van der Waals surface area (Å²) in [5.41, 5.74) is 0.939. The number of non-ortho nitro benzene ring substituents is 1. The first kappa shape index (κ1) is 15.8. The minimum absolute atomic E-state index is 0.0608. The molecule has 1 fully saturated rings. The van der Waals surface area contributed by atoms with Gasteiger partial charge in [-0.15, -0.1) is 0 Å². The number of nitro benzene ring substituents is 1. The molecule has 2 unspecified atom stereocenters. The number of carbonyl (C=O) groups excluding carboxylic acids is 1.